The third-order valence-corrected chi connectivity index (χ3v) is 8.32. The maximum atomic E-state index is 15.1. The Labute approximate surface area is 222 Å². The molecule has 9 heteroatoms. The fourth-order valence-electron chi connectivity index (χ4n) is 6.60. The molecule has 5 rings (SSSR count). The molecule has 3 heterocycles. The molecule has 1 amide bonds. The van der Waals surface area contributed by atoms with Gasteiger partial charge < -0.3 is 10.0 Å². The molecule has 1 aromatic heterocycles. The third-order valence-electron chi connectivity index (χ3n) is 8.32. The van der Waals surface area contributed by atoms with Crippen molar-refractivity contribution in [2.24, 2.45) is 11.8 Å². The topological polar surface area (TPSA) is 66.3 Å². The van der Waals surface area contributed by atoms with Gasteiger partial charge in [0.15, 0.2) is 0 Å². The van der Waals surface area contributed by atoms with E-state index in [0.717, 1.165) is 18.0 Å². The van der Waals surface area contributed by atoms with E-state index in [1.165, 1.54) is 12.1 Å². The lowest BCUT2D eigenvalue weighted by Gasteiger charge is -2.53. The van der Waals surface area contributed by atoms with Gasteiger partial charge in [0.1, 0.15) is 23.3 Å². The number of rotatable bonds is 5. The number of likely N-dealkylation sites (tertiary alicyclic amines) is 1. The second-order valence-electron chi connectivity index (χ2n) is 10.4. The molecule has 0 spiro atoms. The lowest BCUT2D eigenvalue weighted by atomic mass is 9.69. The maximum Gasteiger partial charge on any atom is 0.301 e. The lowest BCUT2D eigenvalue weighted by Crippen LogP contribution is -2.68. The Morgan fingerprint density at radius 3 is 2.24 bits per heavy atom. The second-order valence-corrected chi connectivity index (χ2v) is 10.4. The normalized spacial score (nSPS) is 31.5. The van der Waals surface area contributed by atoms with Crippen molar-refractivity contribution in [2.75, 3.05) is 31.1 Å². The number of quaternary nitrogens is 1. The van der Waals surface area contributed by atoms with Gasteiger partial charge in [0.2, 0.25) is 5.95 Å². The number of benzene rings is 2. The van der Waals surface area contributed by atoms with Gasteiger partial charge in [0, 0.05) is 36.8 Å². The Bertz CT molecular complexity index is 1220. The number of carbonyl (C=O) groups excluding carboxylic acids is 1. The number of nitrogens with zero attached hydrogens (tertiary/aromatic N) is 4. The summed E-state index contributed by atoms with van der Waals surface area (Å²) in [4.78, 5) is 23.7. The highest BCUT2D eigenvalue weighted by Crippen LogP contribution is 2.47. The average Bonchev–Trinajstić information content (AvgIpc) is 3.34. The van der Waals surface area contributed by atoms with Crippen molar-refractivity contribution >= 4 is 24.8 Å². The Morgan fingerprint density at radius 2 is 1.65 bits per heavy atom. The maximum absolute atomic E-state index is 15.1. The first kappa shape index (κ1) is 27.1. The summed E-state index contributed by atoms with van der Waals surface area (Å²) in [6.07, 6.45) is 4.27. The van der Waals surface area contributed by atoms with E-state index in [2.05, 4.69) is 9.97 Å². The quantitative estimate of drug-likeness (QED) is 0.394. The van der Waals surface area contributed by atoms with Crippen LogP contribution in [0.1, 0.15) is 30.9 Å². The van der Waals surface area contributed by atoms with Crippen molar-refractivity contribution in [1.29, 1.82) is 0 Å². The van der Waals surface area contributed by atoms with Crippen LogP contribution in [0.4, 0.5) is 14.7 Å². The number of aliphatic hydroxyl groups is 1. The molecule has 196 valence electrons. The first-order valence-corrected chi connectivity index (χ1v) is 12.4. The van der Waals surface area contributed by atoms with E-state index in [1.807, 2.05) is 49.1 Å². The number of piperidine rings is 1. The minimum atomic E-state index is -1.09. The fraction of sp³-hybridized carbons (Fsp3) is 0.393. The van der Waals surface area contributed by atoms with Crippen molar-refractivity contribution < 1.29 is 23.2 Å². The van der Waals surface area contributed by atoms with E-state index in [9.17, 15) is 14.3 Å². The van der Waals surface area contributed by atoms with E-state index in [1.54, 1.807) is 18.5 Å². The molecule has 2 aliphatic heterocycles. The number of amides is 1. The summed E-state index contributed by atoms with van der Waals surface area (Å²) >= 11 is 0. The van der Waals surface area contributed by atoms with Crippen LogP contribution in [0.15, 0.2) is 67.0 Å². The van der Waals surface area contributed by atoms with Gasteiger partial charge in [-0.3, -0.25) is 4.48 Å². The standard InChI is InChI=1S/C28H31F2N4O2.ClH/c1-19-16-34(18-35,17-20(2)28(19,36)21-7-4-3-5-8-21)26-15-33(27-31-11-6-12-32-27)14-24(26)23-10-9-22(29)13-25(23)30;/h3-13,18-20,24,26,36H,14-17H2,1-2H3;1H/q+1;/t19-,20-,24?,26-,28?,34?;/m0./s1. The molecule has 2 saturated heterocycles. The van der Waals surface area contributed by atoms with Gasteiger partial charge in [-0.2, -0.15) is 0 Å². The molecule has 1 N–H and O–H groups in total. The molecule has 2 aromatic carbocycles. The van der Waals surface area contributed by atoms with Crippen LogP contribution in [0.3, 0.4) is 0 Å². The van der Waals surface area contributed by atoms with Crippen LogP contribution in [-0.4, -0.2) is 58.2 Å². The summed E-state index contributed by atoms with van der Waals surface area (Å²) in [5.41, 5.74) is 0.118. The molecule has 0 aliphatic carbocycles. The van der Waals surface area contributed by atoms with Gasteiger partial charge >= 0.3 is 6.41 Å². The molecule has 4 atom stereocenters. The minimum absolute atomic E-state index is 0. The number of carbonyl (C=O) groups is 1. The van der Waals surface area contributed by atoms with Gasteiger partial charge in [-0.15, -0.1) is 12.4 Å². The molecule has 1 unspecified atom stereocenters. The first-order chi connectivity index (χ1) is 17.3. The number of hydrogen-bond donors (Lipinski definition) is 1. The Balaban J connectivity index is 0.00000320. The average molecular weight is 530 g/mol. The largest absolute Gasteiger partial charge is 0.384 e. The predicted octanol–water partition coefficient (Wildman–Crippen LogP) is 4.30. The molecule has 2 fully saturated rings. The molecular weight excluding hydrogens is 498 g/mol. The van der Waals surface area contributed by atoms with Crippen LogP contribution < -0.4 is 4.90 Å². The van der Waals surface area contributed by atoms with Gasteiger partial charge in [-0.25, -0.2) is 23.5 Å². The molecule has 3 aromatic rings. The van der Waals surface area contributed by atoms with E-state index in [0.29, 0.717) is 37.7 Å². The number of aromatic nitrogens is 2. The molecule has 2 aliphatic rings. The van der Waals surface area contributed by atoms with Crippen LogP contribution in [0.5, 0.6) is 0 Å². The van der Waals surface area contributed by atoms with Crippen molar-refractivity contribution in [3.05, 3.63) is 89.8 Å². The summed E-state index contributed by atoms with van der Waals surface area (Å²) < 4.78 is 28.9. The predicted molar refractivity (Wildman–Crippen MR) is 139 cm³/mol. The Kier molecular flexibility index (Phi) is 7.65. The van der Waals surface area contributed by atoms with Gasteiger partial charge in [0.05, 0.1) is 25.6 Å². The molecular formula is C28H32ClF2N4O2+. The van der Waals surface area contributed by atoms with Crippen LogP contribution in [0, 0.1) is 23.5 Å². The van der Waals surface area contributed by atoms with Crippen molar-refractivity contribution in [3.8, 4) is 0 Å². The smallest absolute Gasteiger partial charge is 0.301 e. The van der Waals surface area contributed by atoms with Gasteiger partial charge in [0.25, 0.3) is 0 Å². The van der Waals surface area contributed by atoms with Gasteiger partial charge in [-0.05, 0) is 23.3 Å². The zero-order valence-corrected chi connectivity index (χ0v) is 21.7. The highest BCUT2D eigenvalue weighted by atomic mass is 35.5. The van der Waals surface area contributed by atoms with E-state index in [4.69, 9.17) is 0 Å². The Morgan fingerprint density at radius 1 is 1.00 bits per heavy atom. The summed E-state index contributed by atoms with van der Waals surface area (Å²) in [7, 11) is 0. The van der Waals surface area contributed by atoms with Crippen molar-refractivity contribution in [3.63, 3.8) is 0 Å². The van der Waals surface area contributed by atoms with Crippen LogP contribution in [0.25, 0.3) is 0 Å². The highest BCUT2D eigenvalue weighted by molar-refractivity contribution is 5.85. The number of anilines is 1. The summed E-state index contributed by atoms with van der Waals surface area (Å²) in [6.45, 7) is 5.57. The molecule has 6 nitrogen and oxygen atoms in total. The van der Waals surface area contributed by atoms with Gasteiger partial charge in [-0.1, -0.05) is 50.2 Å². The van der Waals surface area contributed by atoms with Crippen molar-refractivity contribution in [2.45, 2.75) is 31.4 Å². The molecule has 37 heavy (non-hydrogen) atoms. The van der Waals surface area contributed by atoms with E-state index < -0.39 is 17.2 Å². The fourth-order valence-corrected chi connectivity index (χ4v) is 6.60. The Hall–Kier alpha value is -2.94. The zero-order chi connectivity index (χ0) is 25.5. The monoisotopic (exact) mass is 529 g/mol. The van der Waals surface area contributed by atoms with E-state index in [-0.39, 0.29) is 40.7 Å². The summed E-state index contributed by atoms with van der Waals surface area (Å²) in [6, 6.07) is 14.6. The van der Waals surface area contributed by atoms with Crippen molar-refractivity contribution in [1.82, 2.24) is 9.97 Å². The number of hydrogen-bond acceptors (Lipinski definition) is 5. The van der Waals surface area contributed by atoms with Crippen LogP contribution in [0.2, 0.25) is 0 Å². The van der Waals surface area contributed by atoms with Crippen LogP contribution >= 0.6 is 12.4 Å². The summed E-state index contributed by atoms with van der Waals surface area (Å²) in [5.74, 6) is -1.62. The first-order valence-electron chi connectivity index (χ1n) is 12.4. The molecule has 0 bridgehead atoms. The lowest BCUT2D eigenvalue weighted by molar-refractivity contribution is -0.886. The summed E-state index contributed by atoms with van der Waals surface area (Å²) in [5, 5.41) is 11.9. The zero-order valence-electron chi connectivity index (χ0n) is 20.9. The highest BCUT2D eigenvalue weighted by Gasteiger charge is 2.58. The second kappa shape index (κ2) is 10.4. The third kappa shape index (κ3) is 4.62. The minimum Gasteiger partial charge on any atom is -0.384 e. The SMILES string of the molecule is C[C@H]1C[N+](C=O)([C@H]2CN(c3ncccn3)CC2c2ccc(F)cc2F)C[C@H](C)C1(O)c1ccccc1.Cl. The van der Waals surface area contributed by atoms with Crippen LogP contribution in [-0.2, 0) is 10.4 Å². The van der Waals surface area contributed by atoms with E-state index >= 15 is 4.39 Å². The number of halogens is 3. The molecule has 0 saturated carbocycles. The molecule has 0 radical (unpaired) electrons.